The Labute approximate surface area is 199 Å². The quantitative estimate of drug-likeness (QED) is 0.328. The van der Waals surface area contributed by atoms with Crippen LogP contribution in [0.2, 0.25) is 0 Å². The minimum absolute atomic E-state index is 0.120. The Morgan fingerprint density at radius 3 is 2.47 bits per heavy atom. The van der Waals surface area contributed by atoms with Gasteiger partial charge in [0.1, 0.15) is 24.5 Å². The number of amides is 2. The summed E-state index contributed by atoms with van der Waals surface area (Å²) in [5, 5.41) is 11.1. The summed E-state index contributed by atoms with van der Waals surface area (Å²) < 4.78 is 19.7. The number of carbonyl (C=O) groups excluding carboxylic acids is 2. The van der Waals surface area contributed by atoms with Gasteiger partial charge in [-0.15, -0.1) is 0 Å². The number of para-hydroxylation sites is 1. The molecule has 1 aromatic heterocycles. The summed E-state index contributed by atoms with van der Waals surface area (Å²) in [6.07, 6.45) is 0.983. The van der Waals surface area contributed by atoms with Crippen molar-refractivity contribution in [1.29, 1.82) is 0 Å². The van der Waals surface area contributed by atoms with Gasteiger partial charge in [0.05, 0.1) is 14.2 Å². The topological polar surface area (TPSA) is 109 Å². The van der Waals surface area contributed by atoms with Crippen molar-refractivity contribution in [2.75, 3.05) is 13.2 Å². The van der Waals surface area contributed by atoms with Crippen molar-refractivity contribution in [1.82, 2.24) is 10.2 Å². The fourth-order valence-electron chi connectivity index (χ4n) is 3.31. The Kier molecular flexibility index (Phi) is 7.95. The fourth-order valence-corrected chi connectivity index (χ4v) is 3.31. The maximum absolute atomic E-state index is 13.4. The normalized spacial score (nSPS) is 11.4. The zero-order chi connectivity index (χ0) is 25.4. The molecule has 178 valence electrons. The number of carbonyl (C=O) groups is 3. The number of carboxylic acid groups (broad SMARTS) is 1. The van der Waals surface area contributed by atoms with Crippen LogP contribution in [0, 0.1) is 0 Å². The number of furan rings is 1. The average Bonchev–Trinajstić information content (AvgIpc) is 3.34. The van der Waals surface area contributed by atoms with Crippen LogP contribution >= 0.6 is 0 Å². The number of benzene rings is 2. The van der Waals surface area contributed by atoms with E-state index >= 15 is 0 Å². The molecule has 0 aliphatic heterocycles. The van der Waals surface area contributed by atoms with E-state index in [1.54, 1.807) is 62.6 Å². The van der Waals surface area contributed by atoms with Crippen molar-refractivity contribution in [2.45, 2.75) is 32.8 Å². The van der Waals surface area contributed by atoms with Gasteiger partial charge in [-0.2, -0.15) is 0 Å². The summed E-state index contributed by atoms with van der Waals surface area (Å²) in [4.78, 5) is 36.9. The Bertz CT molecular complexity index is 1150. The smallest absolute Gasteiger partial charge is 0.312 e. The molecule has 2 N–H and O–H groups in total. The van der Waals surface area contributed by atoms with Gasteiger partial charge in [-0.05, 0) is 44.2 Å². The molecule has 0 atom stereocenters. The predicted molar refractivity (Wildman–Crippen MR) is 126 cm³/mol. The van der Waals surface area contributed by atoms with E-state index in [1.165, 1.54) is 4.90 Å². The second kappa shape index (κ2) is 11.7. The monoisotopic (exact) mass is 465 g/mol. The summed E-state index contributed by atoms with van der Waals surface area (Å²) in [6.45, 7) is 3.67. The molecule has 1 heterocycles. The highest BCUT2D eigenvalue weighted by Gasteiger charge is 2.21. The standard InChI is InChI=1S/C26H28N2O6/c1-18(2)28(26(32)20-11-9-19(10-12-20)22-8-5-14-33-22)17-21-6-3-4-7-23(21)34-15-13-27-24(29)16-25(30)31/h3-12,14,18H,13,15-17H2,1-2H3,(H,27,29)(H,30,31)/i18D. The number of carboxylic acids is 1. The molecule has 0 saturated heterocycles. The molecule has 34 heavy (non-hydrogen) atoms. The van der Waals surface area contributed by atoms with E-state index in [0.717, 1.165) is 5.56 Å². The lowest BCUT2D eigenvalue weighted by atomic mass is 10.1. The lowest BCUT2D eigenvalue weighted by Gasteiger charge is -2.28. The number of hydrogen-bond acceptors (Lipinski definition) is 5. The third-order valence-corrected chi connectivity index (χ3v) is 5.02. The van der Waals surface area contributed by atoms with E-state index in [0.29, 0.717) is 22.6 Å². The SMILES string of the molecule is [2H]C(C)(C)N(Cc1ccccc1OCCNC(=O)CC(=O)O)C(=O)c1ccc(-c2ccco2)cc1. The van der Waals surface area contributed by atoms with Crippen LogP contribution < -0.4 is 10.1 Å². The van der Waals surface area contributed by atoms with Crippen molar-refractivity contribution >= 4 is 17.8 Å². The zero-order valence-electron chi connectivity index (χ0n) is 20.1. The van der Waals surface area contributed by atoms with Crippen molar-refractivity contribution in [3.63, 3.8) is 0 Å². The number of nitrogens with one attached hydrogen (secondary N) is 1. The second-order valence-corrected chi connectivity index (χ2v) is 7.77. The van der Waals surface area contributed by atoms with Crippen molar-refractivity contribution < 1.29 is 30.0 Å². The maximum Gasteiger partial charge on any atom is 0.312 e. The van der Waals surface area contributed by atoms with Crippen molar-refractivity contribution in [3.8, 4) is 17.1 Å². The van der Waals surface area contributed by atoms with Gasteiger partial charge in [0.15, 0.2) is 0 Å². The molecule has 0 aliphatic carbocycles. The molecule has 0 unspecified atom stereocenters. The summed E-state index contributed by atoms with van der Waals surface area (Å²) in [5.41, 5.74) is 1.99. The first kappa shape index (κ1) is 23.1. The van der Waals surface area contributed by atoms with Crippen LogP contribution in [0.5, 0.6) is 5.75 Å². The van der Waals surface area contributed by atoms with E-state index in [2.05, 4.69) is 5.32 Å². The Hall–Kier alpha value is -4.07. The summed E-state index contributed by atoms with van der Waals surface area (Å²) in [7, 11) is 0. The number of rotatable bonds is 11. The Morgan fingerprint density at radius 2 is 1.82 bits per heavy atom. The van der Waals surface area contributed by atoms with E-state index < -0.39 is 24.3 Å². The fraction of sp³-hybridized carbons (Fsp3) is 0.269. The van der Waals surface area contributed by atoms with E-state index in [4.69, 9.17) is 15.6 Å². The molecule has 2 amide bonds. The van der Waals surface area contributed by atoms with E-state index in [1.807, 2.05) is 18.2 Å². The molecule has 8 heteroatoms. The molecule has 0 fully saturated rings. The molecule has 0 spiro atoms. The van der Waals surface area contributed by atoms with Crippen molar-refractivity contribution in [3.05, 3.63) is 78.1 Å². The molecule has 0 aliphatic rings. The van der Waals surface area contributed by atoms with Gasteiger partial charge in [0, 0.05) is 29.3 Å². The van der Waals surface area contributed by atoms with Gasteiger partial charge in [0.25, 0.3) is 5.91 Å². The molecule has 3 rings (SSSR count). The summed E-state index contributed by atoms with van der Waals surface area (Å²) >= 11 is 0. The first-order chi connectivity index (χ1) is 16.6. The first-order valence-electron chi connectivity index (χ1n) is 11.3. The summed E-state index contributed by atoms with van der Waals surface area (Å²) in [6, 6.07) is 16.6. The maximum atomic E-state index is 13.4. The minimum atomic E-state index is -1.21. The van der Waals surface area contributed by atoms with Crippen LogP contribution in [-0.2, 0) is 16.1 Å². The lowest BCUT2D eigenvalue weighted by Crippen LogP contribution is -2.36. The molecular formula is C26H28N2O6. The van der Waals surface area contributed by atoms with Crippen LogP contribution in [0.4, 0.5) is 0 Å². The molecule has 3 aromatic rings. The highest BCUT2D eigenvalue weighted by Crippen LogP contribution is 2.24. The Balaban J connectivity index is 1.70. The molecule has 8 nitrogen and oxygen atoms in total. The van der Waals surface area contributed by atoms with Crippen LogP contribution in [0.15, 0.2) is 71.3 Å². The van der Waals surface area contributed by atoms with Gasteiger partial charge in [0.2, 0.25) is 5.91 Å². The van der Waals surface area contributed by atoms with Gasteiger partial charge >= 0.3 is 5.97 Å². The van der Waals surface area contributed by atoms with Gasteiger partial charge in [-0.25, -0.2) is 0 Å². The molecule has 0 radical (unpaired) electrons. The zero-order valence-corrected chi connectivity index (χ0v) is 19.1. The molecular weight excluding hydrogens is 436 g/mol. The number of nitrogens with zero attached hydrogens (tertiary/aromatic N) is 1. The highest BCUT2D eigenvalue weighted by atomic mass is 16.5. The third-order valence-electron chi connectivity index (χ3n) is 5.02. The van der Waals surface area contributed by atoms with Crippen LogP contribution in [0.25, 0.3) is 11.3 Å². The molecule has 0 bridgehead atoms. The lowest BCUT2D eigenvalue weighted by molar-refractivity contribution is -0.140. The largest absolute Gasteiger partial charge is 0.491 e. The number of aliphatic carboxylic acids is 1. The second-order valence-electron chi connectivity index (χ2n) is 7.77. The van der Waals surface area contributed by atoms with Crippen LogP contribution in [0.1, 0.15) is 37.6 Å². The number of hydrogen-bond donors (Lipinski definition) is 2. The van der Waals surface area contributed by atoms with Gasteiger partial charge in [-0.1, -0.05) is 30.3 Å². The molecule has 2 aromatic carbocycles. The van der Waals surface area contributed by atoms with E-state index in [-0.39, 0.29) is 25.6 Å². The average molecular weight is 466 g/mol. The Morgan fingerprint density at radius 1 is 1.09 bits per heavy atom. The van der Waals surface area contributed by atoms with Gasteiger partial charge < -0.3 is 24.5 Å². The minimum Gasteiger partial charge on any atom is -0.491 e. The predicted octanol–water partition coefficient (Wildman–Crippen LogP) is 3.97. The highest BCUT2D eigenvalue weighted by molar-refractivity contribution is 5.95. The van der Waals surface area contributed by atoms with Crippen molar-refractivity contribution in [2.24, 2.45) is 0 Å². The third kappa shape index (κ3) is 6.71. The van der Waals surface area contributed by atoms with Gasteiger partial charge in [-0.3, -0.25) is 14.4 Å². The first-order valence-corrected chi connectivity index (χ1v) is 10.8. The van der Waals surface area contributed by atoms with Crippen LogP contribution in [0.3, 0.4) is 0 Å². The summed E-state index contributed by atoms with van der Waals surface area (Å²) in [5.74, 6) is -0.888. The van der Waals surface area contributed by atoms with Crippen LogP contribution in [-0.4, -0.2) is 47.0 Å². The van der Waals surface area contributed by atoms with E-state index in [9.17, 15) is 14.4 Å². The number of ether oxygens (including phenoxy) is 1. The molecule has 0 saturated carbocycles.